The van der Waals surface area contributed by atoms with Crippen LogP contribution in [0.25, 0.3) is 5.69 Å². The molecule has 0 aliphatic heterocycles. The van der Waals surface area contributed by atoms with Gasteiger partial charge in [-0.2, -0.15) is 4.68 Å². The number of hydrogen-bond acceptors (Lipinski definition) is 7. The largest absolute Gasteiger partial charge is 0.357 e. The number of hydrogen-bond donors (Lipinski definition) is 1. The number of carbonyl (C=O) groups is 1. The van der Waals surface area contributed by atoms with Gasteiger partial charge in [0, 0.05) is 13.1 Å². The summed E-state index contributed by atoms with van der Waals surface area (Å²) in [5.41, 5.74) is 1.29. The van der Waals surface area contributed by atoms with Gasteiger partial charge in [-0.3, -0.25) is 4.79 Å². The van der Waals surface area contributed by atoms with Gasteiger partial charge < -0.3 is 10.2 Å². The number of pyridine rings is 1. The molecule has 3 rings (SSSR count). The first-order valence-electron chi connectivity index (χ1n) is 7.56. The van der Waals surface area contributed by atoms with Gasteiger partial charge in [-0.05, 0) is 47.9 Å². The zero-order valence-electron chi connectivity index (χ0n) is 13.4. The predicted molar refractivity (Wildman–Crippen MR) is 92.8 cm³/mol. The highest BCUT2D eigenvalue weighted by atomic mass is 32.1. The number of thiophene rings is 1. The lowest BCUT2D eigenvalue weighted by molar-refractivity contribution is 0.103. The topological polar surface area (TPSA) is 88.8 Å². The molecule has 0 aliphatic rings. The van der Waals surface area contributed by atoms with E-state index in [-0.39, 0.29) is 5.91 Å². The van der Waals surface area contributed by atoms with E-state index in [4.69, 9.17) is 0 Å². The highest BCUT2D eigenvalue weighted by molar-refractivity contribution is 7.12. The van der Waals surface area contributed by atoms with Crippen LogP contribution in [0.4, 0.5) is 11.5 Å². The third kappa shape index (κ3) is 3.25. The molecule has 9 heteroatoms. The lowest BCUT2D eigenvalue weighted by Crippen LogP contribution is -2.22. The maximum atomic E-state index is 12.5. The molecule has 3 aromatic heterocycles. The van der Waals surface area contributed by atoms with E-state index in [2.05, 4.69) is 44.6 Å². The number of anilines is 2. The molecule has 8 nitrogen and oxygen atoms in total. The normalized spacial score (nSPS) is 10.6. The van der Waals surface area contributed by atoms with Crippen molar-refractivity contribution in [3.63, 3.8) is 0 Å². The summed E-state index contributed by atoms with van der Waals surface area (Å²) in [5, 5.41) is 15.7. The summed E-state index contributed by atoms with van der Waals surface area (Å²) in [6.07, 6.45) is 3.12. The Hall–Kier alpha value is -2.81. The highest BCUT2D eigenvalue weighted by Crippen LogP contribution is 2.22. The third-order valence-electron chi connectivity index (χ3n) is 3.54. The van der Waals surface area contributed by atoms with Crippen molar-refractivity contribution < 1.29 is 4.79 Å². The molecule has 3 heterocycles. The Bertz CT molecular complexity index is 794. The van der Waals surface area contributed by atoms with Crippen LogP contribution in [0.5, 0.6) is 0 Å². The second-order valence-electron chi connectivity index (χ2n) is 4.92. The maximum Gasteiger partial charge on any atom is 0.268 e. The van der Waals surface area contributed by atoms with Crippen molar-refractivity contribution in [2.75, 3.05) is 23.3 Å². The molecule has 3 aromatic rings. The van der Waals surface area contributed by atoms with E-state index in [1.165, 1.54) is 22.3 Å². The van der Waals surface area contributed by atoms with E-state index < -0.39 is 0 Å². The minimum atomic E-state index is -0.215. The van der Waals surface area contributed by atoms with Gasteiger partial charge in [0.15, 0.2) is 0 Å². The molecule has 0 radical (unpaired) electrons. The van der Waals surface area contributed by atoms with Crippen LogP contribution >= 0.6 is 11.3 Å². The first kappa shape index (κ1) is 16.1. The molecular formula is C15H17N7OS. The average Bonchev–Trinajstić information content (AvgIpc) is 3.28. The van der Waals surface area contributed by atoms with Crippen LogP contribution in [0.3, 0.4) is 0 Å². The Labute approximate surface area is 143 Å². The standard InChI is InChI=1S/C15H17N7OS/c1-3-21(4-2)13-6-5-11(9-16-13)18-15(23)14-12(7-8-24-14)22-10-17-19-20-22/h5-10H,3-4H2,1-2H3,(H,18,23). The minimum Gasteiger partial charge on any atom is -0.357 e. The number of aromatic nitrogens is 5. The smallest absolute Gasteiger partial charge is 0.268 e. The van der Waals surface area contributed by atoms with E-state index >= 15 is 0 Å². The van der Waals surface area contributed by atoms with E-state index in [0.717, 1.165) is 18.9 Å². The van der Waals surface area contributed by atoms with Crippen molar-refractivity contribution in [1.29, 1.82) is 0 Å². The van der Waals surface area contributed by atoms with Crippen molar-refractivity contribution in [2.45, 2.75) is 13.8 Å². The summed E-state index contributed by atoms with van der Waals surface area (Å²) in [7, 11) is 0. The van der Waals surface area contributed by atoms with Crippen LogP contribution in [0.1, 0.15) is 23.5 Å². The summed E-state index contributed by atoms with van der Waals surface area (Å²) in [6.45, 7) is 5.94. The Morgan fingerprint density at radius 3 is 2.75 bits per heavy atom. The fourth-order valence-electron chi connectivity index (χ4n) is 2.31. The first-order valence-corrected chi connectivity index (χ1v) is 8.44. The first-order chi connectivity index (χ1) is 11.7. The molecule has 0 aromatic carbocycles. The third-order valence-corrected chi connectivity index (χ3v) is 4.44. The number of nitrogens with zero attached hydrogens (tertiary/aromatic N) is 6. The van der Waals surface area contributed by atoms with Crippen LogP contribution in [0.2, 0.25) is 0 Å². The summed E-state index contributed by atoms with van der Waals surface area (Å²) >= 11 is 1.33. The monoisotopic (exact) mass is 343 g/mol. The second kappa shape index (κ2) is 7.18. The Morgan fingerprint density at radius 2 is 2.12 bits per heavy atom. The van der Waals surface area contributed by atoms with E-state index in [1.807, 2.05) is 17.5 Å². The number of carbonyl (C=O) groups excluding carboxylic acids is 1. The number of amides is 1. The van der Waals surface area contributed by atoms with Crippen molar-refractivity contribution in [3.05, 3.63) is 41.0 Å². The van der Waals surface area contributed by atoms with Crippen LogP contribution in [-0.4, -0.2) is 44.2 Å². The van der Waals surface area contributed by atoms with Gasteiger partial charge in [0.05, 0.1) is 17.6 Å². The van der Waals surface area contributed by atoms with Crippen molar-refractivity contribution in [3.8, 4) is 5.69 Å². The van der Waals surface area contributed by atoms with Gasteiger partial charge >= 0.3 is 0 Å². The van der Waals surface area contributed by atoms with Gasteiger partial charge in [-0.1, -0.05) is 0 Å². The number of tetrazole rings is 1. The lowest BCUT2D eigenvalue weighted by Gasteiger charge is -2.19. The molecule has 1 N–H and O–H groups in total. The molecule has 124 valence electrons. The summed E-state index contributed by atoms with van der Waals surface area (Å²) < 4.78 is 1.47. The molecule has 24 heavy (non-hydrogen) atoms. The van der Waals surface area contributed by atoms with E-state index in [0.29, 0.717) is 16.3 Å². The minimum absolute atomic E-state index is 0.215. The highest BCUT2D eigenvalue weighted by Gasteiger charge is 2.16. The van der Waals surface area contributed by atoms with E-state index in [9.17, 15) is 4.79 Å². The number of nitrogens with one attached hydrogen (secondary N) is 1. The Balaban J connectivity index is 1.75. The van der Waals surface area contributed by atoms with Gasteiger partial charge in [-0.25, -0.2) is 4.98 Å². The van der Waals surface area contributed by atoms with Crippen LogP contribution < -0.4 is 10.2 Å². The van der Waals surface area contributed by atoms with Crippen molar-refractivity contribution >= 4 is 28.7 Å². The van der Waals surface area contributed by atoms with Crippen LogP contribution in [0, 0.1) is 0 Å². The predicted octanol–water partition coefficient (Wildman–Crippen LogP) is 2.22. The van der Waals surface area contributed by atoms with Gasteiger partial charge in [0.2, 0.25) is 0 Å². The SMILES string of the molecule is CCN(CC)c1ccc(NC(=O)c2sccc2-n2cnnn2)cn1. The van der Waals surface area contributed by atoms with Crippen molar-refractivity contribution in [2.24, 2.45) is 0 Å². The second-order valence-corrected chi connectivity index (χ2v) is 5.84. The van der Waals surface area contributed by atoms with Crippen molar-refractivity contribution in [1.82, 2.24) is 25.2 Å². The number of rotatable bonds is 6. The van der Waals surface area contributed by atoms with Gasteiger partial charge in [0.1, 0.15) is 17.0 Å². The molecule has 0 unspecified atom stereocenters. The fourth-order valence-corrected chi connectivity index (χ4v) is 3.08. The van der Waals surface area contributed by atoms with E-state index in [1.54, 1.807) is 12.3 Å². The lowest BCUT2D eigenvalue weighted by atomic mass is 10.3. The molecule has 0 aliphatic carbocycles. The summed E-state index contributed by atoms with van der Waals surface area (Å²) in [5.74, 6) is 0.677. The summed E-state index contributed by atoms with van der Waals surface area (Å²) in [6, 6.07) is 5.56. The average molecular weight is 343 g/mol. The Kier molecular flexibility index (Phi) is 4.80. The van der Waals surface area contributed by atoms with Crippen LogP contribution in [-0.2, 0) is 0 Å². The fraction of sp³-hybridized carbons (Fsp3) is 0.267. The zero-order chi connectivity index (χ0) is 16.9. The molecule has 0 atom stereocenters. The quantitative estimate of drug-likeness (QED) is 0.738. The molecule has 0 fully saturated rings. The van der Waals surface area contributed by atoms with Crippen LogP contribution in [0.15, 0.2) is 36.1 Å². The molecule has 0 spiro atoms. The zero-order valence-corrected chi connectivity index (χ0v) is 14.2. The molecular weight excluding hydrogens is 326 g/mol. The molecule has 1 amide bonds. The Morgan fingerprint density at radius 1 is 1.29 bits per heavy atom. The van der Waals surface area contributed by atoms with Gasteiger partial charge in [0.25, 0.3) is 5.91 Å². The molecule has 0 saturated heterocycles. The van der Waals surface area contributed by atoms with Gasteiger partial charge in [-0.15, -0.1) is 16.4 Å². The molecule has 0 saturated carbocycles. The molecule has 0 bridgehead atoms. The summed E-state index contributed by atoms with van der Waals surface area (Å²) in [4.78, 5) is 19.6. The maximum absolute atomic E-state index is 12.5.